The maximum Gasteiger partial charge on any atom is 0.249 e. The van der Waals surface area contributed by atoms with E-state index in [1.807, 2.05) is 0 Å². The Morgan fingerprint density at radius 3 is 2.93 bits per heavy atom. The molecule has 0 bridgehead atoms. The molecule has 1 aliphatic rings. The second kappa shape index (κ2) is 3.13. The van der Waals surface area contributed by atoms with Crippen LogP contribution in [0.2, 0.25) is 0 Å². The van der Waals surface area contributed by atoms with Gasteiger partial charge in [-0.2, -0.15) is 5.10 Å². The predicted molar refractivity (Wildman–Crippen MR) is 48.4 cm³/mol. The van der Waals surface area contributed by atoms with Crippen molar-refractivity contribution >= 4 is 17.5 Å². The maximum atomic E-state index is 11.2. The van der Waals surface area contributed by atoms with Gasteiger partial charge in [0, 0.05) is 13.2 Å². The molecule has 1 atom stereocenters. The molecule has 6 nitrogen and oxygen atoms in total. The van der Waals surface area contributed by atoms with Gasteiger partial charge in [0.2, 0.25) is 11.8 Å². The summed E-state index contributed by atoms with van der Waals surface area (Å²) in [6.07, 6.45) is 3.54. The van der Waals surface area contributed by atoms with Crippen LogP contribution >= 0.6 is 0 Å². The van der Waals surface area contributed by atoms with E-state index in [1.165, 1.54) is 0 Å². The summed E-state index contributed by atoms with van der Waals surface area (Å²) in [4.78, 5) is 22.0. The van der Waals surface area contributed by atoms with E-state index in [4.69, 9.17) is 0 Å². The van der Waals surface area contributed by atoms with Gasteiger partial charge in [-0.05, 0) is 0 Å². The second-order valence-electron chi connectivity index (χ2n) is 3.22. The molecule has 0 spiro atoms. The van der Waals surface area contributed by atoms with E-state index >= 15 is 0 Å². The Kier molecular flexibility index (Phi) is 1.95. The number of nitrogens with zero attached hydrogens (tertiary/aromatic N) is 2. The van der Waals surface area contributed by atoms with Crippen molar-refractivity contribution < 1.29 is 9.59 Å². The average molecular weight is 194 g/mol. The molecule has 0 saturated carbocycles. The van der Waals surface area contributed by atoms with Crippen LogP contribution in [0.25, 0.3) is 0 Å². The van der Waals surface area contributed by atoms with E-state index in [-0.39, 0.29) is 18.2 Å². The largest absolute Gasteiger partial charge is 0.371 e. The lowest BCUT2D eigenvalue weighted by atomic mass is 10.2. The quantitative estimate of drug-likeness (QED) is 0.607. The Labute approximate surface area is 80.3 Å². The Bertz CT molecular complexity index is 384. The van der Waals surface area contributed by atoms with Gasteiger partial charge in [0.15, 0.2) is 0 Å². The van der Waals surface area contributed by atoms with E-state index in [9.17, 15) is 9.59 Å². The molecular weight excluding hydrogens is 184 g/mol. The molecule has 1 aromatic rings. The van der Waals surface area contributed by atoms with Crippen LogP contribution in [0.4, 0.5) is 5.69 Å². The number of aromatic nitrogens is 2. The minimum absolute atomic E-state index is 0.188. The van der Waals surface area contributed by atoms with Crippen molar-refractivity contribution in [3.05, 3.63) is 12.4 Å². The number of anilines is 1. The fraction of sp³-hybridized carbons (Fsp3) is 0.375. The minimum atomic E-state index is -0.466. The predicted octanol–water partition coefficient (Wildman–Crippen LogP) is -0.753. The molecule has 6 heteroatoms. The van der Waals surface area contributed by atoms with Crippen LogP contribution < -0.4 is 10.6 Å². The number of rotatable bonds is 2. The molecule has 2 amide bonds. The fourth-order valence-corrected chi connectivity index (χ4v) is 1.37. The van der Waals surface area contributed by atoms with Crippen LogP contribution in [0.3, 0.4) is 0 Å². The zero-order valence-corrected chi connectivity index (χ0v) is 7.65. The molecule has 0 unspecified atom stereocenters. The van der Waals surface area contributed by atoms with Crippen LogP contribution in [-0.4, -0.2) is 27.6 Å². The third-order valence-electron chi connectivity index (χ3n) is 2.01. The van der Waals surface area contributed by atoms with E-state index in [0.29, 0.717) is 0 Å². The first-order valence-corrected chi connectivity index (χ1v) is 4.24. The third-order valence-corrected chi connectivity index (χ3v) is 2.01. The van der Waals surface area contributed by atoms with Gasteiger partial charge in [-0.15, -0.1) is 0 Å². The summed E-state index contributed by atoms with van der Waals surface area (Å²) in [5.74, 6) is -0.518. The molecule has 2 N–H and O–H groups in total. The number of imide groups is 1. The van der Waals surface area contributed by atoms with Crippen molar-refractivity contribution in [1.29, 1.82) is 0 Å². The molecule has 74 valence electrons. The molecule has 1 aromatic heterocycles. The molecule has 14 heavy (non-hydrogen) atoms. The van der Waals surface area contributed by atoms with Gasteiger partial charge in [0.25, 0.3) is 0 Å². The van der Waals surface area contributed by atoms with E-state index in [1.54, 1.807) is 24.1 Å². The molecule has 1 fully saturated rings. The normalized spacial score (nSPS) is 21.1. The number of aryl methyl sites for hydroxylation is 1. The second-order valence-corrected chi connectivity index (χ2v) is 3.22. The number of carbonyl (C=O) groups is 2. The smallest absolute Gasteiger partial charge is 0.249 e. The van der Waals surface area contributed by atoms with Crippen molar-refractivity contribution in [1.82, 2.24) is 15.1 Å². The molecule has 2 heterocycles. The van der Waals surface area contributed by atoms with Crippen LogP contribution in [0, 0.1) is 0 Å². The van der Waals surface area contributed by atoms with Crippen molar-refractivity contribution in [2.45, 2.75) is 12.5 Å². The number of nitrogens with one attached hydrogen (secondary N) is 2. The van der Waals surface area contributed by atoms with Crippen molar-refractivity contribution in [2.24, 2.45) is 7.05 Å². The minimum Gasteiger partial charge on any atom is -0.371 e. The summed E-state index contributed by atoms with van der Waals surface area (Å²) in [5.41, 5.74) is 0.738. The molecule has 2 rings (SSSR count). The van der Waals surface area contributed by atoms with E-state index in [0.717, 1.165) is 5.69 Å². The van der Waals surface area contributed by atoms with E-state index < -0.39 is 6.04 Å². The number of hydrogen-bond acceptors (Lipinski definition) is 4. The first-order chi connectivity index (χ1) is 6.65. The summed E-state index contributed by atoms with van der Waals surface area (Å²) in [5, 5.41) is 9.09. The zero-order valence-electron chi connectivity index (χ0n) is 7.65. The molecular formula is C8H10N4O2. The van der Waals surface area contributed by atoms with Crippen molar-refractivity contribution in [2.75, 3.05) is 5.32 Å². The Hall–Kier alpha value is -1.85. The third kappa shape index (κ3) is 1.59. The highest BCUT2D eigenvalue weighted by Crippen LogP contribution is 2.11. The standard InChI is InChI=1S/C8H10N4O2/c1-12-4-5(3-9-12)10-6-2-7(13)11-8(6)14/h3-4,6,10H,2H2,1H3,(H,11,13,14)/t6-/m1/s1. The highest BCUT2D eigenvalue weighted by molar-refractivity contribution is 6.06. The summed E-state index contributed by atoms with van der Waals surface area (Å²) >= 11 is 0. The fourth-order valence-electron chi connectivity index (χ4n) is 1.37. The average Bonchev–Trinajstić information content (AvgIpc) is 2.61. The lowest BCUT2D eigenvalue weighted by molar-refractivity contribution is -0.124. The van der Waals surface area contributed by atoms with Gasteiger partial charge in [0.05, 0.1) is 18.3 Å². The summed E-state index contributed by atoms with van der Waals surface area (Å²) in [6.45, 7) is 0. The van der Waals surface area contributed by atoms with Crippen LogP contribution in [0.5, 0.6) is 0 Å². The number of amides is 2. The summed E-state index contributed by atoms with van der Waals surface area (Å²) in [6, 6.07) is -0.466. The van der Waals surface area contributed by atoms with Crippen molar-refractivity contribution in [3.8, 4) is 0 Å². The van der Waals surface area contributed by atoms with Crippen LogP contribution in [0.15, 0.2) is 12.4 Å². The van der Waals surface area contributed by atoms with Gasteiger partial charge in [0.1, 0.15) is 6.04 Å². The highest BCUT2D eigenvalue weighted by Gasteiger charge is 2.30. The van der Waals surface area contributed by atoms with Gasteiger partial charge in [-0.1, -0.05) is 0 Å². The zero-order chi connectivity index (χ0) is 10.1. The Morgan fingerprint density at radius 1 is 1.64 bits per heavy atom. The summed E-state index contributed by atoms with van der Waals surface area (Å²) < 4.78 is 1.62. The summed E-state index contributed by atoms with van der Waals surface area (Å²) in [7, 11) is 1.78. The highest BCUT2D eigenvalue weighted by atomic mass is 16.2. The Morgan fingerprint density at radius 2 is 2.43 bits per heavy atom. The SMILES string of the molecule is Cn1cc(N[C@@H]2CC(=O)NC2=O)cn1. The molecule has 0 radical (unpaired) electrons. The number of carbonyl (C=O) groups excluding carboxylic acids is 2. The van der Waals surface area contributed by atoms with Gasteiger partial charge in [-0.3, -0.25) is 19.6 Å². The lowest BCUT2D eigenvalue weighted by Gasteiger charge is -2.06. The van der Waals surface area contributed by atoms with Crippen LogP contribution in [0.1, 0.15) is 6.42 Å². The van der Waals surface area contributed by atoms with Crippen molar-refractivity contribution in [3.63, 3.8) is 0 Å². The van der Waals surface area contributed by atoms with Gasteiger partial charge < -0.3 is 5.32 Å². The van der Waals surface area contributed by atoms with E-state index in [2.05, 4.69) is 15.7 Å². The van der Waals surface area contributed by atoms with Gasteiger partial charge >= 0.3 is 0 Å². The lowest BCUT2D eigenvalue weighted by Crippen LogP contribution is -2.29. The maximum absolute atomic E-state index is 11.2. The molecule has 1 saturated heterocycles. The molecule has 0 aromatic carbocycles. The number of hydrogen-bond donors (Lipinski definition) is 2. The Balaban J connectivity index is 2.05. The first-order valence-electron chi connectivity index (χ1n) is 4.24. The monoisotopic (exact) mass is 194 g/mol. The molecule has 0 aliphatic carbocycles. The van der Waals surface area contributed by atoms with Crippen LogP contribution in [-0.2, 0) is 16.6 Å². The molecule has 1 aliphatic heterocycles. The topological polar surface area (TPSA) is 76.0 Å². The van der Waals surface area contributed by atoms with Gasteiger partial charge in [-0.25, -0.2) is 0 Å². The first kappa shape index (κ1) is 8.74.